The van der Waals surface area contributed by atoms with Gasteiger partial charge in [-0.3, -0.25) is 19.6 Å². The predicted molar refractivity (Wildman–Crippen MR) is 98.5 cm³/mol. The maximum Gasteiger partial charge on any atom is 0.228 e. The number of morpholine rings is 1. The molecule has 3 fully saturated rings. The summed E-state index contributed by atoms with van der Waals surface area (Å²) < 4.78 is 5.92. The van der Waals surface area contributed by atoms with Crippen molar-refractivity contribution < 1.29 is 14.3 Å². The Hall–Kier alpha value is -2.02. The van der Waals surface area contributed by atoms with Crippen molar-refractivity contribution in [2.45, 2.75) is 64.6 Å². The van der Waals surface area contributed by atoms with Crippen molar-refractivity contribution in [1.29, 1.82) is 0 Å². The van der Waals surface area contributed by atoms with Crippen molar-refractivity contribution in [1.82, 2.24) is 20.2 Å². The van der Waals surface area contributed by atoms with Gasteiger partial charge in [-0.25, -0.2) is 0 Å². The third-order valence-corrected chi connectivity index (χ3v) is 6.25. The van der Waals surface area contributed by atoms with Crippen molar-refractivity contribution in [2.75, 3.05) is 13.2 Å². The first-order chi connectivity index (χ1) is 13.0. The second-order valence-electron chi connectivity index (χ2n) is 8.41. The smallest absolute Gasteiger partial charge is 0.228 e. The molecule has 4 rings (SSSR count). The lowest BCUT2D eigenvalue weighted by atomic mass is 9.81. The summed E-state index contributed by atoms with van der Waals surface area (Å²) in [6.07, 6.45) is 7.71. The minimum absolute atomic E-state index is 0.0207. The number of hydrogen-bond donors (Lipinski definition) is 1. The summed E-state index contributed by atoms with van der Waals surface area (Å²) in [7, 11) is 0. The van der Waals surface area contributed by atoms with E-state index < -0.39 is 0 Å². The molecule has 0 spiro atoms. The van der Waals surface area contributed by atoms with Gasteiger partial charge in [0.1, 0.15) is 0 Å². The van der Waals surface area contributed by atoms with Crippen molar-refractivity contribution in [3.63, 3.8) is 0 Å². The lowest BCUT2D eigenvalue weighted by Crippen LogP contribution is -2.58. The van der Waals surface area contributed by atoms with Crippen LogP contribution in [0.25, 0.3) is 0 Å². The molecule has 1 aromatic heterocycles. The largest absolute Gasteiger partial charge is 0.374 e. The molecule has 7 nitrogen and oxygen atoms in total. The van der Waals surface area contributed by atoms with Gasteiger partial charge < -0.3 is 15.0 Å². The lowest BCUT2D eigenvalue weighted by molar-refractivity contribution is -0.158. The number of aryl methyl sites for hydroxylation is 1. The fourth-order valence-electron chi connectivity index (χ4n) is 4.18. The first-order valence-electron chi connectivity index (χ1n) is 9.94. The number of carbonyl (C=O) groups excluding carboxylic acids is 2. The fourth-order valence-corrected chi connectivity index (χ4v) is 4.18. The topological polar surface area (TPSA) is 84.4 Å². The number of fused-ring (bicyclic) bond motifs is 1. The number of nitrogens with zero attached hydrogens (tertiary/aromatic N) is 3. The first kappa shape index (κ1) is 18.3. The zero-order chi connectivity index (χ0) is 19.0. The highest BCUT2D eigenvalue weighted by Gasteiger charge is 2.51. The van der Waals surface area contributed by atoms with Crippen LogP contribution in [0.1, 0.15) is 50.4 Å². The van der Waals surface area contributed by atoms with Gasteiger partial charge >= 0.3 is 0 Å². The van der Waals surface area contributed by atoms with Gasteiger partial charge in [-0.05, 0) is 39.0 Å². The molecule has 2 saturated carbocycles. The number of carbonyl (C=O) groups is 2. The zero-order valence-corrected chi connectivity index (χ0v) is 16.1. The Labute approximate surface area is 159 Å². The summed E-state index contributed by atoms with van der Waals surface area (Å²) in [5.74, 6) is 0.192. The molecular weight excluding hydrogens is 344 g/mol. The highest BCUT2D eigenvalue weighted by atomic mass is 16.5. The molecule has 2 amide bonds. The predicted octanol–water partition coefficient (Wildman–Crippen LogP) is 1.60. The van der Waals surface area contributed by atoms with Crippen LogP contribution in [0.3, 0.4) is 0 Å². The number of aromatic nitrogens is 2. The summed E-state index contributed by atoms with van der Waals surface area (Å²) in [6, 6.07) is 0.0207. The average Bonchev–Trinajstić information content (AvgIpc) is 3.44. The Kier molecular flexibility index (Phi) is 4.88. The molecule has 1 saturated heterocycles. The second kappa shape index (κ2) is 7.19. The van der Waals surface area contributed by atoms with Crippen molar-refractivity contribution in [2.24, 2.45) is 11.3 Å². The molecule has 2 heterocycles. The summed E-state index contributed by atoms with van der Waals surface area (Å²) in [4.78, 5) is 36.1. The van der Waals surface area contributed by atoms with Crippen LogP contribution < -0.4 is 5.32 Å². The Morgan fingerprint density at radius 2 is 2.11 bits per heavy atom. The summed E-state index contributed by atoms with van der Waals surface area (Å²) >= 11 is 0. The average molecular weight is 372 g/mol. The SMILES string of the molecule is Cc1cnc(CNC(=O)[C@H]2CC[C@H]3OCCN(C(=O)C4(C)CC4)[C@@H]3C2)cn1. The van der Waals surface area contributed by atoms with Gasteiger partial charge in [0.25, 0.3) is 0 Å². The number of ether oxygens (including phenoxy) is 1. The van der Waals surface area contributed by atoms with Gasteiger partial charge in [0.05, 0.1) is 42.9 Å². The highest BCUT2D eigenvalue weighted by Crippen LogP contribution is 2.48. The van der Waals surface area contributed by atoms with Crippen LogP contribution in [-0.4, -0.2) is 52.0 Å². The molecule has 3 aliphatic rings. The molecule has 0 bridgehead atoms. The van der Waals surface area contributed by atoms with E-state index in [-0.39, 0.29) is 35.3 Å². The highest BCUT2D eigenvalue weighted by molar-refractivity contribution is 5.85. The van der Waals surface area contributed by atoms with Crippen LogP contribution >= 0.6 is 0 Å². The maximum atomic E-state index is 12.9. The Morgan fingerprint density at radius 1 is 1.30 bits per heavy atom. The van der Waals surface area contributed by atoms with Gasteiger partial charge in [0.15, 0.2) is 0 Å². The summed E-state index contributed by atoms with van der Waals surface area (Å²) in [5.41, 5.74) is 1.43. The van der Waals surface area contributed by atoms with Crippen molar-refractivity contribution in [3.8, 4) is 0 Å². The third kappa shape index (κ3) is 3.83. The molecule has 146 valence electrons. The summed E-state index contributed by atoms with van der Waals surface area (Å²) in [5, 5.41) is 2.98. The molecule has 1 aliphatic heterocycles. The van der Waals surface area contributed by atoms with E-state index in [9.17, 15) is 9.59 Å². The van der Waals surface area contributed by atoms with Crippen molar-refractivity contribution >= 4 is 11.8 Å². The van der Waals surface area contributed by atoms with Crippen LogP contribution in [-0.2, 0) is 20.9 Å². The van der Waals surface area contributed by atoms with Crippen LogP contribution in [0.4, 0.5) is 0 Å². The van der Waals surface area contributed by atoms with E-state index in [0.29, 0.717) is 26.1 Å². The Bertz CT molecular complexity index is 716. The van der Waals surface area contributed by atoms with E-state index in [4.69, 9.17) is 4.74 Å². The first-order valence-corrected chi connectivity index (χ1v) is 9.94. The number of rotatable bonds is 4. The molecule has 2 aliphatic carbocycles. The fraction of sp³-hybridized carbons (Fsp3) is 0.700. The number of hydrogen-bond acceptors (Lipinski definition) is 5. The molecule has 27 heavy (non-hydrogen) atoms. The lowest BCUT2D eigenvalue weighted by Gasteiger charge is -2.46. The Balaban J connectivity index is 1.37. The van der Waals surface area contributed by atoms with E-state index in [1.165, 1.54) is 0 Å². The quantitative estimate of drug-likeness (QED) is 0.868. The van der Waals surface area contributed by atoms with Crippen LogP contribution in [0.15, 0.2) is 12.4 Å². The van der Waals surface area contributed by atoms with E-state index >= 15 is 0 Å². The normalized spacial score (nSPS) is 29.0. The molecule has 7 heteroatoms. The maximum absolute atomic E-state index is 12.9. The van der Waals surface area contributed by atoms with Gasteiger partial charge in [0, 0.05) is 24.1 Å². The molecule has 0 aromatic carbocycles. The van der Waals surface area contributed by atoms with Crippen molar-refractivity contribution in [3.05, 3.63) is 23.8 Å². The molecule has 1 N–H and O–H groups in total. The van der Waals surface area contributed by atoms with Gasteiger partial charge in [-0.1, -0.05) is 6.92 Å². The standard InChI is InChI=1S/C20H28N4O3/c1-13-10-22-15(11-21-13)12-23-18(25)14-3-4-17-16(9-14)24(7-8-27-17)19(26)20(2)5-6-20/h10-11,14,16-17H,3-9,12H2,1-2H3,(H,23,25)/t14-,16+,17+/m0/s1. The van der Waals surface area contributed by atoms with E-state index in [0.717, 1.165) is 37.1 Å². The zero-order valence-electron chi connectivity index (χ0n) is 16.1. The van der Waals surface area contributed by atoms with E-state index in [1.54, 1.807) is 12.4 Å². The number of amides is 2. The minimum atomic E-state index is -0.179. The molecule has 3 atom stereocenters. The number of nitrogens with one attached hydrogen (secondary N) is 1. The van der Waals surface area contributed by atoms with Gasteiger partial charge in [-0.15, -0.1) is 0 Å². The second-order valence-corrected chi connectivity index (χ2v) is 8.41. The van der Waals surface area contributed by atoms with Crippen LogP contribution in [0.5, 0.6) is 0 Å². The molecule has 0 radical (unpaired) electrons. The molecule has 1 aromatic rings. The summed E-state index contributed by atoms with van der Waals surface area (Å²) in [6.45, 7) is 5.56. The third-order valence-electron chi connectivity index (χ3n) is 6.25. The van der Waals surface area contributed by atoms with E-state index in [2.05, 4.69) is 22.2 Å². The van der Waals surface area contributed by atoms with Gasteiger partial charge in [0.2, 0.25) is 11.8 Å². The monoisotopic (exact) mass is 372 g/mol. The van der Waals surface area contributed by atoms with Crippen LogP contribution in [0.2, 0.25) is 0 Å². The molecule has 0 unspecified atom stereocenters. The van der Waals surface area contributed by atoms with E-state index in [1.807, 2.05) is 11.8 Å². The Morgan fingerprint density at radius 3 is 2.81 bits per heavy atom. The van der Waals surface area contributed by atoms with Crippen LogP contribution in [0, 0.1) is 18.3 Å². The van der Waals surface area contributed by atoms with Gasteiger partial charge in [-0.2, -0.15) is 0 Å². The minimum Gasteiger partial charge on any atom is -0.374 e. The molecular formula is C20H28N4O3.